The van der Waals surface area contributed by atoms with E-state index in [1.54, 1.807) is 6.92 Å². The minimum absolute atomic E-state index is 0.195. The molecule has 0 atom stereocenters. The molecule has 9 heteroatoms. The van der Waals surface area contributed by atoms with Crippen molar-refractivity contribution in [2.75, 3.05) is 6.61 Å². The van der Waals surface area contributed by atoms with E-state index in [1.165, 1.54) is 12.4 Å². The van der Waals surface area contributed by atoms with Gasteiger partial charge in [0.25, 0.3) is 5.88 Å². The Morgan fingerprint density at radius 2 is 2.28 bits per heavy atom. The van der Waals surface area contributed by atoms with E-state index in [2.05, 4.69) is 26.0 Å². The first-order valence-electron chi connectivity index (χ1n) is 4.82. The fraction of sp³-hybridized carbons (Fsp3) is 0.444. The Hall–Kier alpha value is -1.38. The molecule has 0 aliphatic heterocycles. The highest BCUT2D eigenvalue weighted by Gasteiger charge is 2.27. The van der Waals surface area contributed by atoms with Gasteiger partial charge in [-0.1, -0.05) is 0 Å². The fourth-order valence-corrected chi connectivity index (χ4v) is 1.17. The third-order valence-electron chi connectivity index (χ3n) is 1.70. The van der Waals surface area contributed by atoms with Crippen molar-refractivity contribution >= 4 is 20.6 Å². The lowest BCUT2D eigenvalue weighted by Crippen LogP contribution is -2.22. The number of hydrogen-bond donors (Lipinski definition) is 1. The van der Waals surface area contributed by atoms with Gasteiger partial charge in [0.15, 0.2) is 0 Å². The lowest BCUT2D eigenvalue weighted by Gasteiger charge is -2.08. The highest BCUT2D eigenvalue weighted by molar-refractivity contribution is 9.18. The molecular weight excluding hydrogens is 317 g/mol. The van der Waals surface area contributed by atoms with Crippen LogP contribution in [0.15, 0.2) is 17.5 Å². The Morgan fingerprint density at radius 1 is 1.61 bits per heavy atom. The number of halogens is 4. The SMILES string of the molecule is C/C(Br)=N\n1ccnc(OCCC(F)(F)F)c1=N. The molecule has 0 fully saturated rings. The molecular formula is C9H10BrF3N4O. The summed E-state index contributed by atoms with van der Waals surface area (Å²) >= 11 is 3.08. The van der Waals surface area contributed by atoms with Crippen molar-refractivity contribution < 1.29 is 17.9 Å². The second-order valence-electron chi connectivity index (χ2n) is 3.24. The molecule has 0 saturated heterocycles. The zero-order valence-electron chi connectivity index (χ0n) is 9.33. The first-order valence-corrected chi connectivity index (χ1v) is 5.62. The van der Waals surface area contributed by atoms with Crippen molar-refractivity contribution in [1.82, 2.24) is 9.66 Å². The molecule has 0 aliphatic carbocycles. The monoisotopic (exact) mass is 326 g/mol. The number of hydrogen-bond acceptors (Lipinski definition) is 4. The van der Waals surface area contributed by atoms with Crippen LogP contribution in [0.1, 0.15) is 13.3 Å². The lowest BCUT2D eigenvalue weighted by molar-refractivity contribution is -0.139. The number of nitrogens with one attached hydrogen (secondary N) is 1. The van der Waals surface area contributed by atoms with Crippen LogP contribution in [-0.4, -0.2) is 27.1 Å². The van der Waals surface area contributed by atoms with Gasteiger partial charge < -0.3 is 4.74 Å². The van der Waals surface area contributed by atoms with E-state index in [9.17, 15) is 13.2 Å². The summed E-state index contributed by atoms with van der Waals surface area (Å²) < 4.78 is 42.2. The van der Waals surface area contributed by atoms with Crippen LogP contribution in [0, 0.1) is 5.41 Å². The number of rotatable bonds is 4. The van der Waals surface area contributed by atoms with E-state index >= 15 is 0 Å². The topological polar surface area (TPSA) is 63.3 Å². The van der Waals surface area contributed by atoms with E-state index in [0.29, 0.717) is 4.62 Å². The molecule has 0 unspecified atom stereocenters. The zero-order valence-corrected chi connectivity index (χ0v) is 10.9. The maximum Gasteiger partial charge on any atom is 0.392 e. The van der Waals surface area contributed by atoms with Gasteiger partial charge in [0, 0.05) is 12.4 Å². The van der Waals surface area contributed by atoms with Crippen LogP contribution in [-0.2, 0) is 0 Å². The molecule has 1 rings (SSSR count). The Balaban J connectivity index is 2.79. The predicted molar refractivity (Wildman–Crippen MR) is 61.7 cm³/mol. The molecule has 0 aromatic carbocycles. The molecule has 18 heavy (non-hydrogen) atoms. The van der Waals surface area contributed by atoms with E-state index in [0.717, 1.165) is 4.68 Å². The number of aromatic nitrogens is 2. The second kappa shape index (κ2) is 5.98. The van der Waals surface area contributed by atoms with Crippen LogP contribution < -0.4 is 10.2 Å². The summed E-state index contributed by atoms with van der Waals surface area (Å²) in [6, 6.07) is 0. The van der Waals surface area contributed by atoms with Gasteiger partial charge in [0.1, 0.15) is 4.62 Å². The largest absolute Gasteiger partial charge is 0.475 e. The van der Waals surface area contributed by atoms with Crippen molar-refractivity contribution in [3.63, 3.8) is 0 Å². The molecule has 1 N–H and O–H groups in total. The van der Waals surface area contributed by atoms with E-state index in [-0.39, 0.29) is 11.4 Å². The summed E-state index contributed by atoms with van der Waals surface area (Å²) in [5.41, 5.74) is -0.224. The van der Waals surface area contributed by atoms with Gasteiger partial charge in [-0.2, -0.15) is 18.3 Å². The number of nitrogens with zero attached hydrogens (tertiary/aromatic N) is 3. The molecule has 1 aromatic rings. The summed E-state index contributed by atoms with van der Waals surface area (Å²) in [7, 11) is 0. The summed E-state index contributed by atoms with van der Waals surface area (Å²) in [6.07, 6.45) is -2.70. The van der Waals surface area contributed by atoms with Crippen molar-refractivity contribution in [3.8, 4) is 5.88 Å². The minimum Gasteiger partial charge on any atom is -0.475 e. The first kappa shape index (κ1) is 14.7. The lowest BCUT2D eigenvalue weighted by atomic mass is 10.4. The van der Waals surface area contributed by atoms with Crippen LogP contribution >= 0.6 is 15.9 Å². The van der Waals surface area contributed by atoms with Gasteiger partial charge in [0.2, 0.25) is 5.49 Å². The average molecular weight is 327 g/mol. The van der Waals surface area contributed by atoms with Crippen molar-refractivity contribution in [2.45, 2.75) is 19.5 Å². The Kier molecular flexibility index (Phi) is 4.88. The minimum atomic E-state index is -4.29. The van der Waals surface area contributed by atoms with Crippen LogP contribution in [0.3, 0.4) is 0 Å². The first-order chi connectivity index (χ1) is 8.29. The average Bonchev–Trinajstić information content (AvgIpc) is 2.21. The van der Waals surface area contributed by atoms with Crippen molar-refractivity contribution in [1.29, 1.82) is 5.41 Å². The highest BCUT2D eigenvalue weighted by atomic mass is 79.9. The Morgan fingerprint density at radius 3 is 2.83 bits per heavy atom. The molecule has 0 saturated carbocycles. The van der Waals surface area contributed by atoms with Crippen LogP contribution in [0.5, 0.6) is 5.88 Å². The molecule has 0 amide bonds. The molecule has 5 nitrogen and oxygen atoms in total. The molecule has 0 bridgehead atoms. The summed E-state index contributed by atoms with van der Waals surface area (Å²) in [5.74, 6) is -0.195. The summed E-state index contributed by atoms with van der Waals surface area (Å²) in [4.78, 5) is 3.68. The molecule has 0 aliphatic rings. The second-order valence-corrected chi connectivity index (χ2v) is 4.38. The normalized spacial score (nSPS) is 12.6. The van der Waals surface area contributed by atoms with E-state index < -0.39 is 19.2 Å². The Bertz CT molecular complexity index is 493. The van der Waals surface area contributed by atoms with Crippen molar-refractivity contribution in [2.24, 2.45) is 5.10 Å². The number of ether oxygens (including phenoxy) is 1. The molecule has 0 spiro atoms. The summed E-state index contributed by atoms with van der Waals surface area (Å²) in [6.45, 7) is 1.07. The maximum absolute atomic E-state index is 11.9. The third kappa shape index (κ3) is 4.86. The van der Waals surface area contributed by atoms with Crippen LogP contribution in [0.25, 0.3) is 0 Å². The van der Waals surface area contributed by atoms with Crippen LogP contribution in [0.2, 0.25) is 0 Å². The van der Waals surface area contributed by atoms with Crippen molar-refractivity contribution in [3.05, 3.63) is 17.9 Å². The molecule has 100 valence electrons. The smallest absolute Gasteiger partial charge is 0.392 e. The highest BCUT2D eigenvalue weighted by Crippen LogP contribution is 2.19. The molecule has 0 radical (unpaired) electrons. The van der Waals surface area contributed by atoms with Gasteiger partial charge in [-0.3, -0.25) is 5.41 Å². The standard InChI is InChI=1S/C9H10BrF3N4O/c1-6(10)16-17-4-3-15-8(7(17)14)18-5-2-9(11,12)13/h3-4,14H,2,5H2,1H3/b14-7?,16-6+. The quantitative estimate of drug-likeness (QED) is 0.863. The zero-order chi connectivity index (χ0) is 13.8. The van der Waals surface area contributed by atoms with E-state index in [1.807, 2.05) is 0 Å². The molecule has 1 aromatic heterocycles. The predicted octanol–water partition coefficient (Wildman–Crippen LogP) is 2.27. The maximum atomic E-state index is 11.9. The number of alkyl halides is 3. The van der Waals surface area contributed by atoms with Gasteiger partial charge in [-0.05, 0) is 22.9 Å². The van der Waals surface area contributed by atoms with Gasteiger partial charge in [0.05, 0.1) is 13.0 Å². The van der Waals surface area contributed by atoms with Gasteiger partial charge in [-0.15, -0.1) is 0 Å². The summed E-state index contributed by atoms with van der Waals surface area (Å²) in [5, 5.41) is 11.5. The van der Waals surface area contributed by atoms with Gasteiger partial charge in [-0.25, -0.2) is 9.66 Å². The van der Waals surface area contributed by atoms with Crippen LogP contribution in [0.4, 0.5) is 13.2 Å². The third-order valence-corrected chi connectivity index (χ3v) is 1.86. The molecule has 1 heterocycles. The van der Waals surface area contributed by atoms with Gasteiger partial charge >= 0.3 is 6.18 Å². The van der Waals surface area contributed by atoms with E-state index in [4.69, 9.17) is 10.1 Å². The fourth-order valence-electron chi connectivity index (χ4n) is 0.999. The Labute approximate surface area is 109 Å².